The minimum Gasteiger partial charge on any atom is -0.481 e. The van der Waals surface area contributed by atoms with Gasteiger partial charge >= 0.3 is 12.0 Å². The second-order valence-electron chi connectivity index (χ2n) is 4.38. The zero-order chi connectivity index (χ0) is 12.0. The van der Waals surface area contributed by atoms with E-state index >= 15 is 0 Å². The summed E-state index contributed by atoms with van der Waals surface area (Å²) < 4.78 is 0. The molecule has 0 spiro atoms. The third-order valence-electron chi connectivity index (χ3n) is 3.06. The largest absolute Gasteiger partial charge is 0.481 e. The van der Waals surface area contributed by atoms with Gasteiger partial charge in [-0.25, -0.2) is 4.79 Å². The first-order valence-corrected chi connectivity index (χ1v) is 5.80. The summed E-state index contributed by atoms with van der Waals surface area (Å²) in [4.78, 5) is 23.2. The van der Waals surface area contributed by atoms with Gasteiger partial charge in [-0.1, -0.05) is 19.3 Å². The summed E-state index contributed by atoms with van der Waals surface area (Å²) in [6.45, 7) is 0.950. The Kier molecular flexibility index (Phi) is 5.08. The number of carboxylic acids is 1. The molecule has 1 aliphatic carbocycles. The Morgan fingerprint density at radius 3 is 2.62 bits per heavy atom. The molecule has 1 saturated carbocycles. The van der Waals surface area contributed by atoms with Crippen molar-refractivity contribution in [3.8, 4) is 0 Å². The van der Waals surface area contributed by atoms with Crippen LogP contribution >= 0.6 is 0 Å². The third kappa shape index (κ3) is 4.51. The van der Waals surface area contributed by atoms with Crippen LogP contribution in [0.1, 0.15) is 32.1 Å². The van der Waals surface area contributed by atoms with E-state index in [-0.39, 0.29) is 19.0 Å². The fraction of sp³-hybridized carbons (Fsp3) is 0.818. The third-order valence-corrected chi connectivity index (χ3v) is 3.06. The fourth-order valence-electron chi connectivity index (χ4n) is 1.66. The number of nitrogens with one attached hydrogen (secondary N) is 1. The standard InChI is InChI=1S/C11H20N2O3/c1-13(8-6-10(14)15)11(16)12-7-5-9-3-2-4-9/h9H,2-8H2,1H3,(H,12,16)(H,14,15). The van der Waals surface area contributed by atoms with Crippen molar-refractivity contribution in [2.24, 2.45) is 5.92 Å². The molecule has 0 heterocycles. The van der Waals surface area contributed by atoms with Gasteiger partial charge in [-0.2, -0.15) is 0 Å². The van der Waals surface area contributed by atoms with Crippen LogP contribution < -0.4 is 5.32 Å². The van der Waals surface area contributed by atoms with Gasteiger partial charge < -0.3 is 15.3 Å². The first-order valence-electron chi connectivity index (χ1n) is 5.80. The number of carbonyl (C=O) groups is 2. The Balaban J connectivity index is 2.05. The van der Waals surface area contributed by atoms with Crippen LogP contribution in [0.2, 0.25) is 0 Å². The van der Waals surface area contributed by atoms with Gasteiger partial charge in [-0.15, -0.1) is 0 Å². The molecule has 0 atom stereocenters. The topological polar surface area (TPSA) is 69.6 Å². The Morgan fingerprint density at radius 1 is 1.44 bits per heavy atom. The van der Waals surface area contributed by atoms with Gasteiger partial charge in [0, 0.05) is 20.1 Å². The van der Waals surface area contributed by atoms with Crippen LogP contribution in [0, 0.1) is 5.92 Å². The van der Waals surface area contributed by atoms with Crippen molar-refractivity contribution in [3.63, 3.8) is 0 Å². The van der Waals surface area contributed by atoms with Crippen molar-refractivity contribution in [3.05, 3.63) is 0 Å². The highest BCUT2D eigenvalue weighted by Crippen LogP contribution is 2.28. The Morgan fingerprint density at radius 2 is 2.12 bits per heavy atom. The molecule has 5 nitrogen and oxygen atoms in total. The van der Waals surface area contributed by atoms with Gasteiger partial charge in [-0.05, 0) is 12.3 Å². The minimum absolute atomic E-state index is 0.00740. The van der Waals surface area contributed by atoms with Crippen molar-refractivity contribution < 1.29 is 14.7 Å². The van der Waals surface area contributed by atoms with E-state index in [1.807, 2.05) is 0 Å². The molecule has 0 unspecified atom stereocenters. The second-order valence-corrected chi connectivity index (χ2v) is 4.38. The zero-order valence-electron chi connectivity index (χ0n) is 9.74. The monoisotopic (exact) mass is 228 g/mol. The quantitative estimate of drug-likeness (QED) is 0.719. The lowest BCUT2D eigenvalue weighted by atomic mass is 9.83. The summed E-state index contributed by atoms with van der Waals surface area (Å²) in [5.41, 5.74) is 0. The van der Waals surface area contributed by atoms with Crippen molar-refractivity contribution in [1.82, 2.24) is 10.2 Å². The van der Waals surface area contributed by atoms with Crippen LogP contribution in [-0.2, 0) is 4.79 Å². The summed E-state index contributed by atoms with van der Waals surface area (Å²) in [5, 5.41) is 11.3. The van der Waals surface area contributed by atoms with E-state index in [1.165, 1.54) is 24.2 Å². The summed E-state index contributed by atoms with van der Waals surface area (Å²) in [7, 11) is 1.61. The maximum Gasteiger partial charge on any atom is 0.317 e. The fourth-order valence-corrected chi connectivity index (χ4v) is 1.66. The Labute approximate surface area is 95.8 Å². The number of aliphatic carboxylic acids is 1. The summed E-state index contributed by atoms with van der Waals surface area (Å²) in [6, 6.07) is -0.180. The Bertz CT molecular complexity index is 252. The van der Waals surface area contributed by atoms with Gasteiger partial charge in [0.25, 0.3) is 0 Å². The van der Waals surface area contributed by atoms with Gasteiger partial charge in [0.15, 0.2) is 0 Å². The van der Waals surface area contributed by atoms with Crippen LogP contribution in [0.3, 0.4) is 0 Å². The van der Waals surface area contributed by atoms with E-state index in [0.29, 0.717) is 6.54 Å². The molecular weight excluding hydrogens is 208 g/mol. The van der Waals surface area contributed by atoms with E-state index in [9.17, 15) is 9.59 Å². The average molecular weight is 228 g/mol. The molecular formula is C11H20N2O3. The SMILES string of the molecule is CN(CCC(=O)O)C(=O)NCCC1CCC1. The molecule has 1 rings (SSSR count). The van der Waals surface area contributed by atoms with E-state index < -0.39 is 5.97 Å². The maximum absolute atomic E-state index is 11.5. The predicted octanol–water partition coefficient (Wildman–Crippen LogP) is 1.29. The lowest BCUT2D eigenvalue weighted by molar-refractivity contribution is -0.137. The molecule has 0 saturated heterocycles. The summed E-state index contributed by atoms with van der Waals surface area (Å²) >= 11 is 0. The number of hydrogen-bond acceptors (Lipinski definition) is 2. The molecule has 1 aliphatic rings. The molecule has 2 amide bonds. The molecule has 0 aromatic rings. The average Bonchev–Trinajstić information content (AvgIpc) is 2.17. The van der Waals surface area contributed by atoms with Crippen molar-refractivity contribution in [2.75, 3.05) is 20.1 Å². The van der Waals surface area contributed by atoms with Gasteiger partial charge in [0.05, 0.1) is 6.42 Å². The second kappa shape index (κ2) is 6.35. The van der Waals surface area contributed by atoms with Gasteiger partial charge in [-0.3, -0.25) is 4.79 Å². The number of carboxylic acid groups (broad SMARTS) is 1. The van der Waals surface area contributed by atoms with Crippen LogP contribution in [0.5, 0.6) is 0 Å². The zero-order valence-corrected chi connectivity index (χ0v) is 9.74. The molecule has 0 aromatic carbocycles. The lowest BCUT2D eigenvalue weighted by Crippen LogP contribution is -2.39. The Hall–Kier alpha value is -1.26. The van der Waals surface area contributed by atoms with Crippen molar-refractivity contribution in [1.29, 1.82) is 0 Å². The van der Waals surface area contributed by atoms with Crippen LogP contribution in [0.15, 0.2) is 0 Å². The van der Waals surface area contributed by atoms with Crippen LogP contribution in [0.4, 0.5) is 4.79 Å². The normalized spacial score (nSPS) is 15.3. The number of amides is 2. The van der Waals surface area contributed by atoms with Crippen molar-refractivity contribution >= 4 is 12.0 Å². The first kappa shape index (κ1) is 12.8. The molecule has 5 heteroatoms. The van der Waals surface area contributed by atoms with Crippen LogP contribution in [-0.4, -0.2) is 42.1 Å². The molecule has 0 bridgehead atoms. The lowest BCUT2D eigenvalue weighted by Gasteiger charge is -2.25. The highest BCUT2D eigenvalue weighted by molar-refractivity contribution is 5.74. The molecule has 1 fully saturated rings. The van der Waals surface area contributed by atoms with E-state index in [0.717, 1.165) is 12.3 Å². The number of nitrogens with zero attached hydrogens (tertiary/aromatic N) is 1. The maximum atomic E-state index is 11.5. The van der Waals surface area contributed by atoms with Gasteiger partial charge in [0.2, 0.25) is 0 Å². The van der Waals surface area contributed by atoms with Crippen LogP contribution in [0.25, 0.3) is 0 Å². The molecule has 0 aliphatic heterocycles. The van der Waals surface area contributed by atoms with E-state index in [1.54, 1.807) is 7.05 Å². The van der Waals surface area contributed by atoms with Gasteiger partial charge in [0.1, 0.15) is 0 Å². The number of hydrogen-bond donors (Lipinski definition) is 2. The molecule has 0 radical (unpaired) electrons. The summed E-state index contributed by atoms with van der Waals surface area (Å²) in [6.07, 6.45) is 4.91. The van der Waals surface area contributed by atoms with Crippen molar-refractivity contribution in [2.45, 2.75) is 32.1 Å². The highest BCUT2D eigenvalue weighted by Gasteiger charge is 2.17. The minimum atomic E-state index is -0.880. The molecule has 92 valence electrons. The smallest absolute Gasteiger partial charge is 0.317 e. The molecule has 2 N–H and O–H groups in total. The highest BCUT2D eigenvalue weighted by atomic mass is 16.4. The molecule has 0 aromatic heterocycles. The van der Waals surface area contributed by atoms with E-state index in [2.05, 4.69) is 5.32 Å². The number of carbonyl (C=O) groups excluding carboxylic acids is 1. The first-order chi connectivity index (χ1) is 7.59. The number of rotatable bonds is 6. The number of urea groups is 1. The summed E-state index contributed by atoms with van der Waals surface area (Å²) in [5.74, 6) is -0.0984. The molecule has 16 heavy (non-hydrogen) atoms. The van der Waals surface area contributed by atoms with E-state index in [4.69, 9.17) is 5.11 Å². The predicted molar refractivity (Wildman–Crippen MR) is 60.2 cm³/mol.